The van der Waals surface area contributed by atoms with E-state index < -0.39 is 0 Å². The Bertz CT molecular complexity index is 384. The van der Waals surface area contributed by atoms with Crippen molar-refractivity contribution in [2.24, 2.45) is 5.41 Å². The van der Waals surface area contributed by atoms with Gasteiger partial charge in [0.05, 0.1) is 12.4 Å². The van der Waals surface area contributed by atoms with E-state index in [0.29, 0.717) is 6.04 Å². The van der Waals surface area contributed by atoms with Crippen LogP contribution in [0.2, 0.25) is 0 Å². The van der Waals surface area contributed by atoms with E-state index in [0.717, 1.165) is 38.0 Å². The number of hydrogen-bond donors (Lipinski definition) is 2. The lowest BCUT2D eigenvalue weighted by atomic mass is 9.75. The highest BCUT2D eigenvalue weighted by atomic mass is 16.3. The van der Waals surface area contributed by atoms with Crippen LogP contribution in [0.5, 0.6) is 0 Å². The molecular weight excluding hydrogens is 226 g/mol. The molecule has 1 aromatic heterocycles. The Balaban J connectivity index is 1.96. The Morgan fingerprint density at radius 2 is 2.33 bits per heavy atom. The summed E-state index contributed by atoms with van der Waals surface area (Å²) >= 11 is 0. The molecule has 0 amide bonds. The Labute approximate surface area is 110 Å². The van der Waals surface area contributed by atoms with Crippen LogP contribution in [0, 0.1) is 5.41 Å². The van der Waals surface area contributed by atoms with Gasteiger partial charge in [0.25, 0.3) is 0 Å². The molecule has 0 aliphatic heterocycles. The van der Waals surface area contributed by atoms with Gasteiger partial charge in [0.15, 0.2) is 0 Å². The summed E-state index contributed by atoms with van der Waals surface area (Å²) in [5.41, 5.74) is 1.59. The number of aliphatic hydroxyl groups excluding tert-OH is 1. The first-order chi connectivity index (χ1) is 8.52. The minimum Gasteiger partial charge on any atom is -0.469 e. The molecule has 18 heavy (non-hydrogen) atoms. The molecule has 102 valence electrons. The fourth-order valence-corrected chi connectivity index (χ4v) is 2.78. The predicted octanol–water partition coefficient (Wildman–Crippen LogP) is 3.04. The van der Waals surface area contributed by atoms with Crippen LogP contribution in [0.1, 0.15) is 57.4 Å². The standard InChI is InChI=1S/C15H25NO2/c1-4-11(17)5-7-16-13-9-15(2,3)10-14-12(13)6-8-18-14/h6,8,11,13,16-17H,4-5,7,9-10H2,1-3H3. The minimum absolute atomic E-state index is 0.182. The SMILES string of the molecule is CCC(O)CCNC1CC(C)(C)Cc2occc21. The van der Waals surface area contributed by atoms with E-state index in [1.165, 1.54) is 5.56 Å². The third kappa shape index (κ3) is 3.15. The van der Waals surface area contributed by atoms with E-state index in [1.54, 1.807) is 6.26 Å². The van der Waals surface area contributed by atoms with Crippen molar-refractivity contribution < 1.29 is 9.52 Å². The van der Waals surface area contributed by atoms with Crippen LogP contribution in [0.3, 0.4) is 0 Å². The summed E-state index contributed by atoms with van der Waals surface area (Å²) in [6.45, 7) is 7.45. The van der Waals surface area contributed by atoms with Crippen molar-refractivity contribution in [2.45, 2.75) is 58.6 Å². The largest absolute Gasteiger partial charge is 0.469 e. The van der Waals surface area contributed by atoms with Crippen molar-refractivity contribution >= 4 is 0 Å². The molecule has 2 atom stereocenters. The first-order valence-electron chi connectivity index (χ1n) is 6.99. The van der Waals surface area contributed by atoms with E-state index in [2.05, 4.69) is 25.2 Å². The number of rotatable bonds is 5. The quantitative estimate of drug-likeness (QED) is 0.845. The number of nitrogens with one attached hydrogen (secondary N) is 1. The van der Waals surface area contributed by atoms with Gasteiger partial charge in [-0.15, -0.1) is 0 Å². The van der Waals surface area contributed by atoms with E-state index in [1.807, 2.05) is 6.92 Å². The summed E-state index contributed by atoms with van der Waals surface area (Å²) in [5.74, 6) is 1.12. The minimum atomic E-state index is -0.182. The summed E-state index contributed by atoms with van der Waals surface area (Å²) in [4.78, 5) is 0. The molecule has 3 heteroatoms. The summed E-state index contributed by atoms with van der Waals surface area (Å²) in [7, 11) is 0. The third-order valence-corrected chi connectivity index (χ3v) is 3.89. The fourth-order valence-electron chi connectivity index (χ4n) is 2.78. The smallest absolute Gasteiger partial charge is 0.109 e. The first kappa shape index (κ1) is 13.6. The predicted molar refractivity (Wildman–Crippen MR) is 72.5 cm³/mol. The summed E-state index contributed by atoms with van der Waals surface area (Å²) < 4.78 is 5.58. The molecule has 1 aromatic rings. The van der Waals surface area contributed by atoms with Gasteiger partial charge in [0, 0.05) is 18.0 Å². The van der Waals surface area contributed by atoms with Gasteiger partial charge in [-0.2, -0.15) is 0 Å². The molecule has 1 aliphatic carbocycles. The van der Waals surface area contributed by atoms with E-state index in [4.69, 9.17) is 4.42 Å². The molecule has 2 rings (SSSR count). The lowest BCUT2D eigenvalue weighted by molar-refractivity contribution is 0.155. The lowest BCUT2D eigenvalue weighted by Crippen LogP contribution is -2.34. The van der Waals surface area contributed by atoms with Crippen molar-refractivity contribution in [3.63, 3.8) is 0 Å². The van der Waals surface area contributed by atoms with Crippen LogP contribution >= 0.6 is 0 Å². The van der Waals surface area contributed by atoms with Crippen LogP contribution in [-0.2, 0) is 6.42 Å². The molecule has 0 saturated heterocycles. The zero-order chi connectivity index (χ0) is 13.2. The second-order valence-corrected chi connectivity index (χ2v) is 6.20. The van der Waals surface area contributed by atoms with Crippen LogP contribution < -0.4 is 5.32 Å². The normalized spacial score (nSPS) is 23.7. The number of fused-ring (bicyclic) bond motifs is 1. The molecule has 0 bridgehead atoms. The highest BCUT2D eigenvalue weighted by Crippen LogP contribution is 2.41. The van der Waals surface area contributed by atoms with Gasteiger partial charge in [-0.1, -0.05) is 20.8 Å². The van der Waals surface area contributed by atoms with Crippen molar-refractivity contribution in [1.82, 2.24) is 5.32 Å². The highest BCUT2D eigenvalue weighted by molar-refractivity contribution is 5.26. The Morgan fingerprint density at radius 3 is 3.06 bits per heavy atom. The molecule has 3 nitrogen and oxygen atoms in total. The maximum Gasteiger partial charge on any atom is 0.109 e. The van der Waals surface area contributed by atoms with E-state index in [9.17, 15) is 5.11 Å². The Morgan fingerprint density at radius 1 is 1.56 bits per heavy atom. The highest BCUT2D eigenvalue weighted by Gasteiger charge is 2.33. The first-order valence-corrected chi connectivity index (χ1v) is 6.99. The second kappa shape index (κ2) is 5.45. The van der Waals surface area contributed by atoms with Crippen molar-refractivity contribution in [1.29, 1.82) is 0 Å². The molecule has 1 heterocycles. The average molecular weight is 251 g/mol. The Hall–Kier alpha value is -0.800. The molecule has 1 aliphatic rings. The van der Waals surface area contributed by atoms with Crippen LogP contribution in [0.15, 0.2) is 16.7 Å². The number of furan rings is 1. The molecule has 0 saturated carbocycles. The number of aliphatic hydroxyl groups is 1. The van der Waals surface area contributed by atoms with Gasteiger partial charge in [0.1, 0.15) is 5.76 Å². The van der Waals surface area contributed by atoms with Gasteiger partial charge in [-0.25, -0.2) is 0 Å². The average Bonchev–Trinajstić information content (AvgIpc) is 2.74. The van der Waals surface area contributed by atoms with Crippen molar-refractivity contribution in [3.05, 3.63) is 23.7 Å². The zero-order valence-electron chi connectivity index (χ0n) is 11.7. The molecule has 0 spiro atoms. The topological polar surface area (TPSA) is 45.4 Å². The summed E-state index contributed by atoms with van der Waals surface area (Å²) in [5, 5.41) is 13.2. The van der Waals surface area contributed by atoms with Gasteiger partial charge in [-0.3, -0.25) is 0 Å². The third-order valence-electron chi connectivity index (χ3n) is 3.89. The summed E-state index contributed by atoms with van der Waals surface area (Å²) in [6.07, 6.45) is 5.40. The number of hydrogen-bond acceptors (Lipinski definition) is 3. The monoisotopic (exact) mass is 251 g/mol. The van der Waals surface area contributed by atoms with Gasteiger partial charge >= 0.3 is 0 Å². The van der Waals surface area contributed by atoms with E-state index in [-0.39, 0.29) is 11.5 Å². The molecular formula is C15H25NO2. The van der Waals surface area contributed by atoms with Crippen LogP contribution in [0.4, 0.5) is 0 Å². The van der Waals surface area contributed by atoms with Crippen LogP contribution in [0.25, 0.3) is 0 Å². The Kier molecular flexibility index (Phi) is 4.13. The zero-order valence-corrected chi connectivity index (χ0v) is 11.7. The van der Waals surface area contributed by atoms with Crippen molar-refractivity contribution in [2.75, 3.05) is 6.54 Å². The van der Waals surface area contributed by atoms with Gasteiger partial charge in [-0.05, 0) is 37.3 Å². The van der Waals surface area contributed by atoms with E-state index >= 15 is 0 Å². The molecule has 0 aromatic carbocycles. The van der Waals surface area contributed by atoms with Crippen molar-refractivity contribution in [3.8, 4) is 0 Å². The fraction of sp³-hybridized carbons (Fsp3) is 0.733. The second-order valence-electron chi connectivity index (χ2n) is 6.20. The lowest BCUT2D eigenvalue weighted by Gasteiger charge is -2.35. The molecule has 0 radical (unpaired) electrons. The summed E-state index contributed by atoms with van der Waals surface area (Å²) in [6, 6.07) is 2.45. The maximum absolute atomic E-state index is 9.59. The molecule has 2 unspecified atom stereocenters. The maximum atomic E-state index is 9.59. The molecule has 2 N–H and O–H groups in total. The van der Waals surface area contributed by atoms with Crippen LogP contribution in [-0.4, -0.2) is 17.8 Å². The van der Waals surface area contributed by atoms with Gasteiger partial charge in [0.2, 0.25) is 0 Å². The molecule has 0 fully saturated rings. The van der Waals surface area contributed by atoms with Gasteiger partial charge < -0.3 is 14.8 Å².